The number of nitrogens with zero attached hydrogens (tertiary/aromatic N) is 3. The summed E-state index contributed by atoms with van der Waals surface area (Å²) in [6.07, 6.45) is 3.23. The van der Waals surface area contributed by atoms with E-state index in [-0.39, 0.29) is 39.1 Å². The molecule has 0 saturated carbocycles. The molecule has 0 aliphatic rings. The molecule has 352 valence electrons. The van der Waals surface area contributed by atoms with Gasteiger partial charge in [0.15, 0.2) is 57.9 Å². The van der Waals surface area contributed by atoms with Crippen molar-refractivity contribution in [3.63, 3.8) is 0 Å². The Labute approximate surface area is 385 Å². The minimum atomic E-state index is -2.59. The molecule has 67 heavy (non-hydrogen) atoms. The van der Waals surface area contributed by atoms with Gasteiger partial charge >= 0.3 is 16.5 Å². The van der Waals surface area contributed by atoms with Gasteiger partial charge < -0.3 is 24.5 Å². The molecule has 6 nitrogen and oxygen atoms in total. The minimum Gasteiger partial charge on any atom is -0.876 e. The first-order chi connectivity index (χ1) is 31.1. The Morgan fingerprint density at radius 2 is 1.16 bits per heavy atom. The molecule has 1 N–H and O–H groups in total. The number of rotatable bonds is 7. The van der Waals surface area contributed by atoms with Gasteiger partial charge in [-0.25, -0.2) is 43.9 Å². The molecule has 5 aromatic heterocycles. The van der Waals surface area contributed by atoms with Gasteiger partial charge in [-0.1, -0.05) is 30.8 Å². The quantitative estimate of drug-likeness (QED) is 0.0252. The Balaban J connectivity index is 0.000000693. The predicted molar refractivity (Wildman–Crippen MR) is 205 cm³/mol. The fourth-order valence-corrected chi connectivity index (χ4v) is 6.83. The van der Waals surface area contributed by atoms with Crippen molar-refractivity contribution in [2.45, 2.75) is 13.8 Å². The van der Waals surface area contributed by atoms with Crippen LogP contribution in [-0.4, -0.2) is 20.5 Å². The predicted octanol–water partition coefficient (Wildman–Crippen LogP) is 10.3. The minimum absolute atomic E-state index is 0. The second-order valence-electron chi connectivity index (χ2n) is 13.4. The van der Waals surface area contributed by atoms with E-state index in [0.717, 1.165) is 53.2 Å². The topological polar surface area (TPSA) is 88.5 Å². The van der Waals surface area contributed by atoms with E-state index in [1.807, 2.05) is 0 Å². The van der Waals surface area contributed by atoms with Crippen molar-refractivity contribution >= 4 is 51.1 Å². The maximum atomic E-state index is 15.6. The van der Waals surface area contributed by atoms with Crippen molar-refractivity contribution in [1.29, 1.82) is 0 Å². The van der Waals surface area contributed by atoms with Gasteiger partial charge in [0.25, 0.3) is 0 Å². The molecule has 0 fully saturated rings. The Morgan fingerprint density at radius 3 is 1.60 bits per heavy atom. The number of carbonyl (C=O) groups excluding carboxylic acids is 1. The molecular weight excluding hydrogens is 1020 g/mol. The number of halogens is 17. The fourth-order valence-electron chi connectivity index (χ4n) is 6.83. The van der Waals surface area contributed by atoms with Gasteiger partial charge in [0.1, 0.15) is 0 Å². The molecule has 8 rings (SSSR count). The number of alkyl halides is 2. The van der Waals surface area contributed by atoms with Crippen LogP contribution in [0.15, 0.2) is 66.7 Å². The maximum absolute atomic E-state index is 15.6. The summed E-state index contributed by atoms with van der Waals surface area (Å²) >= 11 is 9.53. The van der Waals surface area contributed by atoms with Gasteiger partial charge in [-0.05, 0) is 47.7 Å². The summed E-state index contributed by atoms with van der Waals surface area (Å²) in [6.45, 7) is 2.70. The molecule has 0 amide bonds. The molecule has 8 aromatic rings. The zero-order chi connectivity index (χ0) is 48.8. The van der Waals surface area contributed by atoms with E-state index in [9.17, 15) is 49.4 Å². The summed E-state index contributed by atoms with van der Waals surface area (Å²) in [7, 11) is 0. The SMILES string of the molecule is CC(=O)/C=C(/C)[O-].ClCCl.Fc1c(F)c(F)c(/C(c2ccc[nH]2)=c2/ccc3c(-c4c(F)c(F)c(F)c(F)c4F)c4cc([C+](c5ccc[n-]5)c5c(F)c(F)c(F)c(F)c5F)[n-]c4n23)c(F)c1F.[Ni+2]. The Kier molecular flexibility index (Phi) is 15.6. The Morgan fingerprint density at radius 1 is 0.672 bits per heavy atom. The molecule has 0 saturated heterocycles. The van der Waals surface area contributed by atoms with Crippen molar-refractivity contribution in [3.8, 4) is 11.1 Å². The van der Waals surface area contributed by atoms with Crippen LogP contribution in [0, 0.1) is 93.2 Å². The largest absolute Gasteiger partial charge is 2.00 e. The van der Waals surface area contributed by atoms with Crippen molar-refractivity contribution in [3.05, 3.63) is 193 Å². The average molecular weight is 1040 g/mol. The maximum Gasteiger partial charge on any atom is 2.00 e. The summed E-state index contributed by atoms with van der Waals surface area (Å²) in [4.78, 5) is 20.5. The van der Waals surface area contributed by atoms with Crippen molar-refractivity contribution in [2.24, 2.45) is 0 Å². The molecule has 24 heteroatoms. The third-order valence-electron chi connectivity index (χ3n) is 9.34. The van der Waals surface area contributed by atoms with Crippen LogP contribution in [0.25, 0.3) is 33.3 Å². The second-order valence-corrected chi connectivity index (χ2v) is 14.2. The van der Waals surface area contributed by atoms with E-state index in [0.29, 0.717) is 6.07 Å². The summed E-state index contributed by atoms with van der Waals surface area (Å²) in [5.74, 6) is -38.0. The van der Waals surface area contributed by atoms with E-state index in [4.69, 9.17) is 23.2 Å². The number of carbonyl (C=O) groups is 1. The molecule has 0 atom stereocenters. The summed E-state index contributed by atoms with van der Waals surface area (Å²) in [5.41, 5.74) is -9.62. The van der Waals surface area contributed by atoms with Crippen LogP contribution in [0.3, 0.4) is 0 Å². The number of hydrogen-bond acceptors (Lipinski definition) is 2. The number of ketones is 1. The van der Waals surface area contributed by atoms with E-state index >= 15 is 26.3 Å². The van der Waals surface area contributed by atoms with Crippen LogP contribution in [-0.2, 0) is 21.3 Å². The Hall–Kier alpha value is -6.38. The third kappa shape index (κ3) is 8.96. The molecule has 0 radical (unpaired) electrons. The average Bonchev–Trinajstić information content (AvgIpc) is 4.13. The monoisotopic (exact) mass is 1040 g/mol. The molecule has 0 bridgehead atoms. The van der Waals surface area contributed by atoms with E-state index < -0.39 is 154 Å². The van der Waals surface area contributed by atoms with Gasteiger partial charge in [0.05, 0.1) is 22.4 Å². The zero-order valence-electron chi connectivity index (χ0n) is 32.9. The van der Waals surface area contributed by atoms with Crippen LogP contribution < -0.4 is 20.4 Å². The van der Waals surface area contributed by atoms with Gasteiger partial charge in [-0.2, -0.15) is 28.1 Å². The molecule has 3 aromatic carbocycles. The number of fused-ring (bicyclic) bond motifs is 3. The molecule has 0 unspecified atom stereocenters. The third-order valence-corrected chi connectivity index (χ3v) is 9.34. The van der Waals surface area contributed by atoms with Crippen LogP contribution in [0.5, 0.6) is 0 Å². The molecular formula is C43H19Cl2F15N4NiO2. The number of benzene rings is 3. The van der Waals surface area contributed by atoms with Crippen LogP contribution in [0.1, 0.15) is 42.1 Å². The second kappa shape index (κ2) is 20.2. The van der Waals surface area contributed by atoms with Crippen molar-refractivity contribution < 1.29 is 92.2 Å². The zero-order valence-corrected chi connectivity index (χ0v) is 35.4. The normalized spacial score (nSPS) is 11.9. The van der Waals surface area contributed by atoms with E-state index in [1.165, 1.54) is 19.9 Å². The first-order valence-electron chi connectivity index (χ1n) is 17.9. The van der Waals surface area contributed by atoms with Gasteiger partial charge in [-0.3, -0.25) is 4.79 Å². The standard InChI is InChI=1S/C37H10F15N4.C5H8O2.CH2Cl2.Ni/c38-22-19(23(39)29(45)34(50)28(22)44)16-10-9-13(17(11-3-1-7-53-11)20-24(40)30(46)35(51)31(47)25(20)41)55-37(10)56-14(16)5-6-15(56)18(12-4-2-8-54-12)21-26(42)32(48)36(52)33(49)27(21)43;1-4(6)3-5(2)7;2-1-3;/h1-9,54H;3,6H,1-2H3;1H2;/q-1;;;+2/p-1/b18-15-;4-3-;;. The van der Waals surface area contributed by atoms with Crippen molar-refractivity contribution in [1.82, 2.24) is 19.4 Å². The van der Waals surface area contributed by atoms with E-state index in [1.54, 1.807) is 0 Å². The number of aromatic amines is 1. The molecule has 0 aliphatic heterocycles. The first kappa shape index (κ1) is 51.6. The summed E-state index contributed by atoms with van der Waals surface area (Å²) in [5, 5.41) is 8.88. The fraction of sp³-hybridized carbons (Fsp3) is 0.0698. The number of aromatic nitrogens is 4. The number of hydrogen-bond donors (Lipinski definition) is 1. The number of allylic oxidation sites excluding steroid dienone is 2. The van der Waals surface area contributed by atoms with Crippen molar-refractivity contribution in [2.75, 3.05) is 5.34 Å². The number of nitrogens with one attached hydrogen (secondary N) is 1. The number of H-pyrrole nitrogens is 1. The van der Waals surface area contributed by atoms with E-state index in [2.05, 4.69) is 15.0 Å². The first-order valence-corrected chi connectivity index (χ1v) is 19.0. The van der Waals surface area contributed by atoms with Gasteiger partial charge in [0.2, 0.25) is 40.7 Å². The van der Waals surface area contributed by atoms with Crippen LogP contribution in [0.4, 0.5) is 65.9 Å². The molecule has 5 heterocycles. The van der Waals surface area contributed by atoms with Crippen LogP contribution >= 0.6 is 23.2 Å². The van der Waals surface area contributed by atoms with Gasteiger partial charge in [0, 0.05) is 40.2 Å². The van der Waals surface area contributed by atoms with Gasteiger partial charge in [-0.15, -0.1) is 29.0 Å². The van der Waals surface area contributed by atoms with Crippen LogP contribution in [0.2, 0.25) is 0 Å². The summed E-state index contributed by atoms with van der Waals surface area (Å²) < 4.78 is 224. The Bertz CT molecular complexity index is 3190. The smallest absolute Gasteiger partial charge is 0.876 e. The molecule has 0 spiro atoms. The molecule has 0 aliphatic carbocycles. The summed E-state index contributed by atoms with van der Waals surface area (Å²) in [6, 6.07) is 6.99.